The lowest BCUT2D eigenvalue weighted by Gasteiger charge is -2.30. The first-order valence-corrected chi connectivity index (χ1v) is 11.2. The molecule has 0 bridgehead atoms. The molecule has 0 amide bonds. The molecule has 2 aromatic rings. The van der Waals surface area contributed by atoms with Crippen molar-refractivity contribution >= 4 is 23.7 Å². The molecule has 1 aromatic heterocycles. The second kappa shape index (κ2) is 12.4. The SMILES string of the molecule is COCCOC(=O)C1=C(C)NC(C)=C(C(=O)OC/C=C/c2ccncc2)C1c1ccc([N+](=O)[O-])cc1. The maximum absolute atomic E-state index is 13.2. The first-order chi connectivity index (χ1) is 17.3. The van der Waals surface area contributed by atoms with Crippen LogP contribution in [0.4, 0.5) is 5.69 Å². The van der Waals surface area contributed by atoms with Crippen LogP contribution in [-0.2, 0) is 23.8 Å². The highest BCUT2D eigenvalue weighted by atomic mass is 16.6. The fourth-order valence-electron chi connectivity index (χ4n) is 3.81. The van der Waals surface area contributed by atoms with Crippen molar-refractivity contribution in [3.05, 3.63) is 98.6 Å². The van der Waals surface area contributed by atoms with Crippen molar-refractivity contribution in [2.45, 2.75) is 19.8 Å². The van der Waals surface area contributed by atoms with E-state index < -0.39 is 22.8 Å². The van der Waals surface area contributed by atoms with Crippen molar-refractivity contribution in [1.29, 1.82) is 0 Å². The van der Waals surface area contributed by atoms with Crippen LogP contribution < -0.4 is 5.32 Å². The fourth-order valence-corrected chi connectivity index (χ4v) is 3.81. The molecule has 0 saturated carbocycles. The molecule has 0 fully saturated rings. The van der Waals surface area contributed by atoms with Gasteiger partial charge in [0.05, 0.1) is 28.6 Å². The van der Waals surface area contributed by atoms with Gasteiger partial charge in [-0.25, -0.2) is 9.59 Å². The highest BCUT2D eigenvalue weighted by Crippen LogP contribution is 2.39. The van der Waals surface area contributed by atoms with Gasteiger partial charge in [-0.15, -0.1) is 0 Å². The number of methoxy groups -OCH3 is 1. The van der Waals surface area contributed by atoms with Crippen LogP contribution >= 0.6 is 0 Å². The Morgan fingerprint density at radius 2 is 1.61 bits per heavy atom. The van der Waals surface area contributed by atoms with E-state index in [1.54, 1.807) is 38.4 Å². The lowest BCUT2D eigenvalue weighted by atomic mass is 9.80. The Morgan fingerprint density at radius 1 is 1.00 bits per heavy atom. The van der Waals surface area contributed by atoms with Gasteiger partial charge in [0.1, 0.15) is 13.2 Å². The molecular weight excluding hydrogens is 466 g/mol. The third kappa shape index (κ3) is 6.42. The molecule has 0 spiro atoms. The first kappa shape index (κ1) is 26.3. The van der Waals surface area contributed by atoms with Gasteiger partial charge < -0.3 is 19.5 Å². The topological polar surface area (TPSA) is 130 Å². The molecule has 1 aliphatic rings. The van der Waals surface area contributed by atoms with Gasteiger partial charge in [0.25, 0.3) is 5.69 Å². The van der Waals surface area contributed by atoms with Gasteiger partial charge in [-0.1, -0.05) is 18.2 Å². The number of nitro benzene ring substituents is 1. The Morgan fingerprint density at radius 3 is 2.19 bits per heavy atom. The minimum Gasteiger partial charge on any atom is -0.460 e. The van der Waals surface area contributed by atoms with Crippen LogP contribution in [0.15, 0.2) is 77.4 Å². The summed E-state index contributed by atoms with van der Waals surface area (Å²) in [5.74, 6) is -2.10. The molecule has 10 heteroatoms. The smallest absolute Gasteiger partial charge is 0.337 e. The number of rotatable bonds is 10. The van der Waals surface area contributed by atoms with E-state index >= 15 is 0 Å². The van der Waals surface area contributed by atoms with Crippen molar-refractivity contribution in [3.63, 3.8) is 0 Å². The predicted molar refractivity (Wildman–Crippen MR) is 131 cm³/mol. The van der Waals surface area contributed by atoms with Gasteiger partial charge in [-0.3, -0.25) is 15.1 Å². The van der Waals surface area contributed by atoms with Gasteiger partial charge in [-0.05, 0) is 43.2 Å². The van der Waals surface area contributed by atoms with Crippen molar-refractivity contribution in [3.8, 4) is 0 Å². The highest BCUT2D eigenvalue weighted by Gasteiger charge is 2.38. The van der Waals surface area contributed by atoms with Gasteiger partial charge in [0.2, 0.25) is 0 Å². The average Bonchev–Trinajstić information content (AvgIpc) is 2.86. The first-order valence-electron chi connectivity index (χ1n) is 11.2. The summed E-state index contributed by atoms with van der Waals surface area (Å²) >= 11 is 0. The minimum atomic E-state index is -0.848. The number of dihydropyridines is 1. The van der Waals surface area contributed by atoms with Crippen LogP contribution in [-0.4, -0.2) is 48.8 Å². The zero-order valence-corrected chi connectivity index (χ0v) is 20.2. The highest BCUT2D eigenvalue weighted by molar-refractivity contribution is 6.00. The van der Waals surface area contributed by atoms with Crippen LogP contribution in [0.3, 0.4) is 0 Å². The van der Waals surface area contributed by atoms with Gasteiger partial charge in [-0.2, -0.15) is 0 Å². The van der Waals surface area contributed by atoms with E-state index in [0.29, 0.717) is 17.0 Å². The van der Waals surface area contributed by atoms with E-state index in [-0.39, 0.29) is 36.7 Å². The number of nitrogens with zero attached hydrogens (tertiary/aromatic N) is 2. The summed E-state index contributed by atoms with van der Waals surface area (Å²) in [6.07, 6.45) is 6.81. The summed E-state index contributed by atoms with van der Waals surface area (Å²) in [6.45, 7) is 3.65. The summed E-state index contributed by atoms with van der Waals surface area (Å²) in [4.78, 5) is 40.9. The number of benzene rings is 1. The summed E-state index contributed by atoms with van der Waals surface area (Å²) in [5.41, 5.74) is 2.75. The molecule has 0 aliphatic carbocycles. The van der Waals surface area contributed by atoms with Crippen molar-refractivity contribution < 1.29 is 28.7 Å². The number of esters is 2. The average molecular weight is 494 g/mol. The summed E-state index contributed by atoms with van der Waals surface area (Å²) in [7, 11) is 1.49. The van der Waals surface area contributed by atoms with Crippen LogP contribution in [0.5, 0.6) is 0 Å². The maximum atomic E-state index is 13.2. The third-order valence-corrected chi connectivity index (χ3v) is 5.49. The molecule has 1 atom stereocenters. The summed E-state index contributed by atoms with van der Waals surface area (Å²) in [5, 5.41) is 14.2. The van der Waals surface area contributed by atoms with E-state index in [0.717, 1.165) is 5.56 Å². The van der Waals surface area contributed by atoms with Crippen molar-refractivity contribution in [2.75, 3.05) is 26.9 Å². The summed E-state index contributed by atoms with van der Waals surface area (Å²) < 4.78 is 15.8. The van der Waals surface area contributed by atoms with Crippen molar-refractivity contribution in [2.24, 2.45) is 0 Å². The van der Waals surface area contributed by atoms with Gasteiger partial charge in [0, 0.05) is 43.0 Å². The number of carbonyl (C=O) groups excluding carboxylic acids is 2. The van der Waals surface area contributed by atoms with Crippen molar-refractivity contribution in [1.82, 2.24) is 10.3 Å². The number of nitrogens with one attached hydrogen (secondary N) is 1. The predicted octanol–water partition coefficient (Wildman–Crippen LogP) is 3.67. The van der Waals surface area contributed by atoms with Gasteiger partial charge in [0.15, 0.2) is 0 Å². The quantitative estimate of drug-likeness (QED) is 0.228. The fraction of sp³-hybridized carbons (Fsp3) is 0.269. The molecule has 0 saturated heterocycles. The number of hydrogen-bond donors (Lipinski definition) is 1. The van der Waals surface area contributed by atoms with Gasteiger partial charge >= 0.3 is 11.9 Å². The second-order valence-electron chi connectivity index (χ2n) is 7.89. The lowest BCUT2D eigenvalue weighted by Crippen LogP contribution is -2.32. The third-order valence-electron chi connectivity index (χ3n) is 5.49. The number of carbonyl (C=O) groups is 2. The number of nitro groups is 1. The molecule has 10 nitrogen and oxygen atoms in total. The number of allylic oxidation sites excluding steroid dienone is 2. The Hall–Kier alpha value is -4.31. The molecule has 1 unspecified atom stereocenters. The molecular formula is C26H27N3O7. The largest absolute Gasteiger partial charge is 0.460 e. The monoisotopic (exact) mass is 493 g/mol. The molecule has 3 rings (SSSR count). The van der Waals surface area contributed by atoms with Crippen LogP contribution in [0.1, 0.15) is 30.9 Å². The summed E-state index contributed by atoms with van der Waals surface area (Å²) in [6, 6.07) is 9.33. The number of aromatic nitrogens is 1. The Kier molecular flexibility index (Phi) is 9.07. The molecule has 2 heterocycles. The number of pyridine rings is 1. The normalized spacial score (nSPS) is 15.6. The Bertz CT molecular complexity index is 1200. The molecule has 1 aliphatic heterocycles. The van der Waals surface area contributed by atoms with Crippen LogP contribution in [0, 0.1) is 10.1 Å². The molecule has 0 radical (unpaired) electrons. The number of ether oxygens (including phenoxy) is 3. The standard InChI is InChI=1S/C26H27N3O7/c1-17-22(25(30)35-14-4-5-19-10-12-27-13-11-19)24(20-6-8-21(9-7-20)29(32)33)23(18(2)28-17)26(31)36-16-15-34-3/h4-13,24,28H,14-16H2,1-3H3/b5-4+. The van der Waals surface area contributed by atoms with E-state index in [9.17, 15) is 19.7 Å². The molecule has 188 valence electrons. The van der Waals surface area contributed by atoms with E-state index in [2.05, 4.69) is 10.3 Å². The molecule has 1 N–H and O–H groups in total. The van der Waals surface area contributed by atoms with E-state index in [1.165, 1.54) is 31.4 Å². The zero-order chi connectivity index (χ0) is 26.1. The molecule has 36 heavy (non-hydrogen) atoms. The zero-order valence-electron chi connectivity index (χ0n) is 20.2. The number of non-ortho nitro benzene ring substituents is 1. The maximum Gasteiger partial charge on any atom is 0.337 e. The Labute approximate surface area is 208 Å². The minimum absolute atomic E-state index is 0.00122. The van der Waals surface area contributed by atoms with E-state index in [4.69, 9.17) is 14.2 Å². The lowest BCUT2D eigenvalue weighted by molar-refractivity contribution is -0.384. The van der Waals surface area contributed by atoms with E-state index in [1.807, 2.05) is 12.1 Å². The number of hydrogen-bond acceptors (Lipinski definition) is 9. The van der Waals surface area contributed by atoms with Crippen LogP contribution in [0.25, 0.3) is 6.08 Å². The molecule has 1 aromatic carbocycles. The second-order valence-corrected chi connectivity index (χ2v) is 7.89. The Balaban J connectivity index is 1.91. The van der Waals surface area contributed by atoms with Crippen LogP contribution in [0.2, 0.25) is 0 Å².